The van der Waals surface area contributed by atoms with Crippen LogP contribution in [0.5, 0.6) is 0 Å². The van der Waals surface area contributed by atoms with Crippen molar-refractivity contribution in [1.29, 1.82) is 0 Å². The van der Waals surface area contributed by atoms with Crippen molar-refractivity contribution in [3.8, 4) is 0 Å². The molecule has 2 aromatic heterocycles. The molecule has 0 spiro atoms. The molecular weight excluding hydrogens is 334 g/mol. The summed E-state index contributed by atoms with van der Waals surface area (Å²) in [6, 6.07) is -0.256. The third-order valence-electron chi connectivity index (χ3n) is 5.63. The van der Waals surface area contributed by atoms with Crippen LogP contribution in [-0.2, 0) is 29.7 Å². The number of hydrogen-bond acceptors (Lipinski definition) is 5. The summed E-state index contributed by atoms with van der Waals surface area (Å²) in [5.74, 6) is 0.436. The van der Waals surface area contributed by atoms with Crippen molar-refractivity contribution in [2.24, 2.45) is 13.0 Å². The van der Waals surface area contributed by atoms with Crippen LogP contribution in [0.3, 0.4) is 0 Å². The maximum atomic E-state index is 13.3. The molecule has 2 aromatic rings. The number of hydrogen-bond donors (Lipinski definition) is 0. The topological polar surface area (TPSA) is 89.2 Å². The minimum absolute atomic E-state index is 0.0109. The molecule has 138 valence electrons. The van der Waals surface area contributed by atoms with Gasteiger partial charge in [0.15, 0.2) is 5.82 Å². The molecule has 1 saturated heterocycles. The van der Waals surface area contributed by atoms with Gasteiger partial charge in [-0.3, -0.25) is 14.3 Å². The summed E-state index contributed by atoms with van der Waals surface area (Å²) >= 11 is 0. The monoisotopic (exact) mass is 357 g/mol. The van der Waals surface area contributed by atoms with Crippen LogP contribution in [0.15, 0.2) is 12.5 Å². The predicted octanol–water partition coefficient (Wildman–Crippen LogP) is 0.272. The Morgan fingerprint density at radius 3 is 2.85 bits per heavy atom. The molecule has 0 radical (unpaired) electrons. The van der Waals surface area contributed by atoms with E-state index in [0.29, 0.717) is 26.2 Å². The van der Waals surface area contributed by atoms with Crippen molar-refractivity contribution in [1.82, 2.24) is 34.3 Å². The molecule has 2 amide bonds. The lowest BCUT2D eigenvalue weighted by Crippen LogP contribution is -2.43. The molecule has 2 aliphatic rings. The minimum Gasteiger partial charge on any atom is -0.335 e. The Morgan fingerprint density at radius 1 is 1.35 bits per heavy atom. The van der Waals surface area contributed by atoms with E-state index in [1.54, 1.807) is 27.0 Å². The summed E-state index contributed by atoms with van der Waals surface area (Å²) in [6.07, 6.45) is 3.72. The number of rotatable bonds is 3. The second-order valence-electron chi connectivity index (χ2n) is 6.94. The highest BCUT2D eigenvalue weighted by Crippen LogP contribution is 2.40. The summed E-state index contributed by atoms with van der Waals surface area (Å²) < 4.78 is 3.75. The average Bonchev–Trinajstić information content (AvgIpc) is 3.32. The Kier molecular flexibility index (Phi) is 4.01. The van der Waals surface area contributed by atoms with E-state index >= 15 is 0 Å². The van der Waals surface area contributed by atoms with Gasteiger partial charge in [-0.25, -0.2) is 0 Å². The van der Waals surface area contributed by atoms with Crippen LogP contribution in [0, 0.1) is 12.8 Å². The van der Waals surface area contributed by atoms with Gasteiger partial charge in [-0.2, -0.15) is 5.10 Å². The van der Waals surface area contributed by atoms with Crippen LogP contribution >= 0.6 is 0 Å². The van der Waals surface area contributed by atoms with Gasteiger partial charge in [0.2, 0.25) is 11.8 Å². The van der Waals surface area contributed by atoms with Gasteiger partial charge in [-0.05, 0) is 13.8 Å². The van der Waals surface area contributed by atoms with Gasteiger partial charge in [0.25, 0.3) is 0 Å². The molecule has 9 heteroatoms. The molecule has 4 heterocycles. The van der Waals surface area contributed by atoms with Gasteiger partial charge in [-0.1, -0.05) is 0 Å². The maximum Gasteiger partial charge on any atom is 0.229 e. The van der Waals surface area contributed by atoms with E-state index in [9.17, 15) is 9.59 Å². The van der Waals surface area contributed by atoms with Crippen LogP contribution in [0.1, 0.15) is 36.5 Å². The van der Waals surface area contributed by atoms with E-state index in [2.05, 4.69) is 15.3 Å². The number of aromatic nitrogens is 5. The van der Waals surface area contributed by atoms with Crippen molar-refractivity contribution >= 4 is 11.8 Å². The molecule has 4 rings (SSSR count). The van der Waals surface area contributed by atoms with Crippen LogP contribution < -0.4 is 0 Å². The van der Waals surface area contributed by atoms with Crippen LogP contribution in [0.2, 0.25) is 0 Å². The van der Waals surface area contributed by atoms with Crippen molar-refractivity contribution in [2.45, 2.75) is 39.4 Å². The van der Waals surface area contributed by atoms with Gasteiger partial charge in [0, 0.05) is 44.4 Å². The van der Waals surface area contributed by atoms with Gasteiger partial charge < -0.3 is 14.4 Å². The first-order chi connectivity index (χ1) is 12.5. The van der Waals surface area contributed by atoms with Crippen LogP contribution in [-0.4, -0.2) is 59.2 Å². The van der Waals surface area contributed by atoms with Crippen LogP contribution in [0.25, 0.3) is 0 Å². The average molecular weight is 357 g/mol. The lowest BCUT2D eigenvalue weighted by Gasteiger charge is -2.32. The molecule has 9 nitrogen and oxygen atoms in total. The smallest absolute Gasteiger partial charge is 0.229 e. The Morgan fingerprint density at radius 2 is 2.15 bits per heavy atom. The van der Waals surface area contributed by atoms with Gasteiger partial charge in [0.05, 0.1) is 24.7 Å². The molecular formula is C17H23N7O2. The SMILES string of the molecule is CCN1C(=O)C[C@H](C(=O)N2CCn3cnnc3C2)[C@H]1c1cnn(C)c1C. The standard InChI is InChI=1S/C17H23N7O2/c1-4-24-15(25)7-12(16(24)13-8-19-21(3)11(13)2)17(26)22-5-6-23-10-18-20-14(23)9-22/h8,10,12,16H,4-7,9H2,1-3H3/t12-,16-/m0/s1. The normalized spacial score (nSPS) is 22.8. The maximum absolute atomic E-state index is 13.3. The fraction of sp³-hybridized carbons (Fsp3) is 0.588. The summed E-state index contributed by atoms with van der Waals surface area (Å²) in [6.45, 7) is 6.24. The zero-order valence-electron chi connectivity index (χ0n) is 15.3. The molecule has 2 aliphatic heterocycles. The van der Waals surface area contributed by atoms with Crippen molar-refractivity contribution in [3.63, 3.8) is 0 Å². The Labute approximate surface area is 151 Å². The number of nitrogens with zero attached hydrogens (tertiary/aromatic N) is 7. The highest BCUT2D eigenvalue weighted by molar-refractivity contribution is 5.90. The summed E-state index contributed by atoms with van der Waals surface area (Å²) in [4.78, 5) is 29.5. The lowest BCUT2D eigenvalue weighted by atomic mass is 9.92. The molecule has 0 bridgehead atoms. The largest absolute Gasteiger partial charge is 0.335 e. The molecule has 0 aliphatic carbocycles. The van der Waals surface area contributed by atoms with E-state index in [4.69, 9.17) is 0 Å². The zero-order valence-corrected chi connectivity index (χ0v) is 15.3. The third-order valence-corrected chi connectivity index (χ3v) is 5.63. The second-order valence-corrected chi connectivity index (χ2v) is 6.94. The molecule has 0 unspecified atom stereocenters. The Balaban J connectivity index is 1.64. The van der Waals surface area contributed by atoms with E-state index in [0.717, 1.165) is 17.1 Å². The Hall–Kier alpha value is -2.71. The lowest BCUT2D eigenvalue weighted by molar-refractivity contribution is -0.138. The van der Waals surface area contributed by atoms with E-state index in [1.807, 2.05) is 25.5 Å². The van der Waals surface area contributed by atoms with E-state index < -0.39 is 0 Å². The fourth-order valence-electron chi connectivity index (χ4n) is 4.06. The Bertz CT molecular complexity index is 855. The molecule has 1 fully saturated rings. The predicted molar refractivity (Wildman–Crippen MR) is 91.6 cm³/mol. The van der Waals surface area contributed by atoms with Gasteiger partial charge in [0.1, 0.15) is 6.33 Å². The van der Waals surface area contributed by atoms with Gasteiger partial charge in [-0.15, -0.1) is 10.2 Å². The third kappa shape index (κ3) is 2.49. The molecule has 26 heavy (non-hydrogen) atoms. The highest BCUT2D eigenvalue weighted by atomic mass is 16.2. The summed E-state index contributed by atoms with van der Waals surface area (Å²) in [5.41, 5.74) is 1.94. The van der Waals surface area contributed by atoms with Crippen molar-refractivity contribution in [3.05, 3.63) is 29.6 Å². The van der Waals surface area contributed by atoms with E-state index in [1.165, 1.54) is 0 Å². The molecule has 0 N–H and O–H groups in total. The molecule has 2 atom stereocenters. The minimum atomic E-state index is -0.389. The summed E-state index contributed by atoms with van der Waals surface area (Å²) in [7, 11) is 1.88. The zero-order chi connectivity index (χ0) is 18.4. The molecule has 0 aromatic carbocycles. The van der Waals surface area contributed by atoms with Crippen LogP contribution in [0.4, 0.5) is 0 Å². The fourth-order valence-corrected chi connectivity index (χ4v) is 4.06. The number of likely N-dealkylation sites (tertiary alicyclic amines) is 1. The first kappa shape index (κ1) is 16.7. The first-order valence-corrected chi connectivity index (χ1v) is 8.94. The first-order valence-electron chi connectivity index (χ1n) is 8.94. The highest BCUT2D eigenvalue weighted by Gasteiger charge is 2.46. The quantitative estimate of drug-likeness (QED) is 0.787. The summed E-state index contributed by atoms with van der Waals surface area (Å²) in [5, 5.41) is 12.3. The number of amides is 2. The molecule has 0 saturated carbocycles. The van der Waals surface area contributed by atoms with Gasteiger partial charge >= 0.3 is 0 Å². The van der Waals surface area contributed by atoms with E-state index in [-0.39, 0.29) is 30.2 Å². The number of aryl methyl sites for hydroxylation is 1. The van der Waals surface area contributed by atoms with Crippen molar-refractivity contribution in [2.75, 3.05) is 13.1 Å². The second kappa shape index (κ2) is 6.22. The number of carbonyl (C=O) groups is 2. The van der Waals surface area contributed by atoms with Crippen molar-refractivity contribution < 1.29 is 9.59 Å². The number of fused-ring (bicyclic) bond motifs is 1. The number of carbonyl (C=O) groups excluding carboxylic acids is 2.